The number of halogens is 29. The van der Waals surface area contributed by atoms with Crippen LogP contribution in [-0.4, -0.2) is 110 Å². The molecule has 0 aromatic heterocycles. The molecule has 0 unspecified atom stereocenters. The fraction of sp³-hybridized carbons (Fsp3) is 1.00. The molecule has 39 heteroatoms. The van der Waals surface area contributed by atoms with Crippen LogP contribution in [0.5, 0.6) is 0 Å². The fourth-order valence-electron chi connectivity index (χ4n) is 4.33. The van der Waals surface area contributed by atoms with Crippen molar-refractivity contribution in [3.8, 4) is 0 Å². The number of quaternary nitrogens is 1. The van der Waals surface area contributed by atoms with Crippen LogP contribution in [0.25, 0.3) is 0 Å². The van der Waals surface area contributed by atoms with Gasteiger partial charge < -0.3 is 22.3 Å². The van der Waals surface area contributed by atoms with Crippen molar-refractivity contribution in [2.75, 3.05) is 11.5 Å². The molecule has 0 heterocycles. The zero-order valence-electron chi connectivity index (χ0n) is 28.8. The van der Waals surface area contributed by atoms with Crippen LogP contribution in [0.1, 0.15) is 38.5 Å². The predicted molar refractivity (Wildman–Crippen MR) is 147 cm³/mol. The zero-order valence-corrected chi connectivity index (χ0v) is 31.2. The van der Waals surface area contributed by atoms with Gasteiger partial charge in [-0.25, -0.2) is 34.4 Å². The van der Waals surface area contributed by atoms with Crippen molar-refractivity contribution in [2.24, 2.45) is 11.8 Å². The van der Waals surface area contributed by atoms with Gasteiger partial charge in [0, 0.05) is 42.1 Å². The zero-order chi connectivity index (χ0) is 47.8. The van der Waals surface area contributed by atoms with E-state index in [0.717, 1.165) is 0 Å². The van der Waals surface area contributed by atoms with Gasteiger partial charge in [0.25, 0.3) is 22.7 Å². The lowest BCUT2D eigenvalue weighted by molar-refractivity contribution is -0.358. The number of hydrogen-bond acceptors (Lipinski definition) is 6. The molecule has 0 aromatic carbocycles. The van der Waals surface area contributed by atoms with Crippen LogP contribution in [0.2, 0.25) is 0 Å². The highest BCUT2D eigenvalue weighted by atomic mass is 35.7. The van der Waals surface area contributed by atoms with E-state index in [-0.39, 0.29) is 17.8 Å². The Morgan fingerprint density at radius 1 is 0.377 bits per heavy atom. The van der Waals surface area contributed by atoms with Crippen molar-refractivity contribution in [3.05, 3.63) is 0 Å². The smallest absolute Gasteiger partial charge is 0.431 e. The lowest BCUT2D eigenvalue weighted by Crippen LogP contribution is -2.57. The molecule has 0 saturated carbocycles. The first-order valence-corrected chi connectivity index (χ1v) is 17.8. The maximum atomic E-state index is 13.7. The van der Waals surface area contributed by atoms with E-state index < -0.39 is 153 Å². The summed E-state index contributed by atoms with van der Waals surface area (Å²) in [6.07, 6.45) is -71.9. The van der Waals surface area contributed by atoms with Gasteiger partial charge in [0.2, 0.25) is 9.05 Å². The predicted octanol–water partition coefficient (Wildman–Crippen LogP) is 10.7. The highest BCUT2D eigenvalue weighted by Crippen LogP contribution is 2.57. The van der Waals surface area contributed by atoms with E-state index in [1.165, 1.54) is 0 Å². The van der Waals surface area contributed by atoms with Crippen molar-refractivity contribution in [2.45, 2.75) is 111 Å². The summed E-state index contributed by atoms with van der Waals surface area (Å²) in [6.45, 7) is 0. The molecule has 61 heavy (non-hydrogen) atoms. The summed E-state index contributed by atoms with van der Waals surface area (Å²) in [4.78, 5) is 0. The van der Waals surface area contributed by atoms with Crippen molar-refractivity contribution in [1.82, 2.24) is 12.3 Å². The Hall–Kier alpha value is -1.93. The molecular formula is C22H27ClF28N2O6S2. The van der Waals surface area contributed by atoms with E-state index >= 15 is 0 Å². The topological polar surface area (TPSA) is 194 Å². The molecule has 0 amide bonds. The first-order valence-electron chi connectivity index (χ1n) is 13.7. The van der Waals surface area contributed by atoms with Gasteiger partial charge in [0.15, 0.2) is 0 Å². The highest BCUT2D eigenvalue weighted by Gasteiger charge is 2.77. The van der Waals surface area contributed by atoms with Gasteiger partial charge in [-0.15, -0.1) is 0 Å². The fourth-order valence-corrected chi connectivity index (χ4v) is 5.83. The SMILES string of the molecule is N.O.O=S(=O)(Cl)CCC(CC(F)(C(F)(F)F)C(F)(F)F)CC(F)(C(F)(F)F)C(F)(F)F.O=S(=O)([O-])CCC(CC(F)(C(F)(F)F)C(F)(F)F)CC(F)(C(F)(F)F)C(F)(F)F.[NH4+]. The average Bonchev–Trinajstić information content (AvgIpc) is 2.89. The molecule has 0 radical (unpaired) electrons. The maximum Gasteiger partial charge on any atom is 0.431 e. The lowest BCUT2D eigenvalue weighted by atomic mass is 9.81. The van der Waals surface area contributed by atoms with E-state index in [9.17, 15) is 144 Å². The van der Waals surface area contributed by atoms with E-state index in [1.807, 2.05) is 0 Å². The largest absolute Gasteiger partial charge is 0.748 e. The van der Waals surface area contributed by atoms with Crippen LogP contribution in [-0.2, 0) is 19.2 Å². The quantitative estimate of drug-likeness (QED) is 0.0987. The molecule has 9 N–H and O–H groups in total. The highest BCUT2D eigenvalue weighted by molar-refractivity contribution is 8.13. The molecule has 8 nitrogen and oxygen atoms in total. The van der Waals surface area contributed by atoms with Crippen molar-refractivity contribution >= 4 is 29.9 Å². The first-order chi connectivity index (χ1) is 24.6. The lowest BCUT2D eigenvalue weighted by Gasteiger charge is -2.37. The van der Waals surface area contributed by atoms with Gasteiger partial charge in [-0.3, -0.25) is 0 Å². The summed E-state index contributed by atoms with van der Waals surface area (Å²) in [7, 11) is -5.89. The second-order valence-corrected chi connectivity index (χ2v) is 16.2. The van der Waals surface area contributed by atoms with Gasteiger partial charge in [-0.1, -0.05) is 0 Å². The van der Waals surface area contributed by atoms with E-state index in [0.29, 0.717) is 0 Å². The average molecular weight is 1050 g/mol. The van der Waals surface area contributed by atoms with Gasteiger partial charge in [-0.2, -0.15) is 105 Å². The second-order valence-electron chi connectivity index (χ2n) is 11.8. The summed E-state index contributed by atoms with van der Waals surface area (Å²) < 4.78 is 409. The van der Waals surface area contributed by atoms with Gasteiger partial charge in [0.1, 0.15) is 0 Å². The second kappa shape index (κ2) is 20.5. The standard InChI is InChI=1S/C11H9ClF14O2S.C11H10F14O3S.2H3N.H2O/c12-29(27,28)2-1-5(3-6(13,8(15,16)17)9(18,19)20)4-7(14,10(21,22)23)11(24,25)26;12-6(8(14,15)16,9(17,18)19)3-5(1-2-29(26,27)28)4-7(13,10(20,21)22)11(23,24)25;;;/h5H,1-4H2;5H,1-4H2,(H,26,27,28);2*1H3;1H2. The Morgan fingerprint density at radius 2 is 0.525 bits per heavy atom. The summed E-state index contributed by atoms with van der Waals surface area (Å²) >= 11 is 0. The summed E-state index contributed by atoms with van der Waals surface area (Å²) in [6, 6.07) is 0. The molecule has 0 aromatic rings. The molecule has 0 fully saturated rings. The van der Waals surface area contributed by atoms with Gasteiger partial charge >= 0.3 is 49.4 Å². The van der Waals surface area contributed by atoms with Crippen molar-refractivity contribution in [1.29, 1.82) is 0 Å². The van der Waals surface area contributed by atoms with Crippen LogP contribution < -0.4 is 12.3 Å². The van der Waals surface area contributed by atoms with Crippen molar-refractivity contribution in [3.63, 3.8) is 0 Å². The van der Waals surface area contributed by atoms with E-state index in [4.69, 9.17) is 0 Å². The molecule has 0 atom stereocenters. The monoisotopic (exact) mass is 1050 g/mol. The third-order valence-corrected chi connectivity index (χ3v) is 9.34. The van der Waals surface area contributed by atoms with Gasteiger partial charge in [0.05, 0.1) is 15.9 Å². The normalized spacial score (nSPS) is 15.1. The van der Waals surface area contributed by atoms with Crippen LogP contribution >= 0.6 is 10.7 Å². The number of rotatable bonds is 14. The molecule has 0 aliphatic heterocycles. The maximum absolute atomic E-state index is 13.7. The third kappa shape index (κ3) is 17.5. The Labute approximate surface area is 326 Å². The third-order valence-electron chi connectivity index (χ3n) is 7.42. The number of hydrogen-bond donors (Lipinski definition) is 2. The minimum Gasteiger partial charge on any atom is -0.748 e. The minimum atomic E-state index is -6.92. The molecule has 0 bridgehead atoms. The molecule has 0 aliphatic carbocycles. The molecule has 0 aliphatic rings. The Morgan fingerprint density at radius 3 is 0.639 bits per heavy atom. The first kappa shape index (κ1) is 68.1. The van der Waals surface area contributed by atoms with Crippen LogP contribution in [0.3, 0.4) is 0 Å². The van der Waals surface area contributed by atoms with Crippen molar-refractivity contribution < 1.29 is 150 Å². The molecule has 376 valence electrons. The number of alkyl halides is 28. The van der Waals surface area contributed by atoms with Crippen LogP contribution in [0, 0.1) is 11.8 Å². The Kier molecular flexibility index (Phi) is 22.9. The molecule has 0 saturated heterocycles. The Bertz CT molecular complexity index is 1310. The minimum absolute atomic E-state index is 0. The van der Waals surface area contributed by atoms with Crippen LogP contribution in [0.15, 0.2) is 0 Å². The molecular weight excluding hydrogens is 1020 g/mol. The van der Waals surface area contributed by atoms with Gasteiger partial charge in [-0.05, 0) is 24.7 Å². The molecule has 0 spiro atoms. The van der Waals surface area contributed by atoms with E-state index in [1.54, 1.807) is 0 Å². The summed E-state index contributed by atoms with van der Waals surface area (Å²) in [5.74, 6) is -10.6. The Balaban J connectivity index is -0.000000327. The van der Waals surface area contributed by atoms with E-state index in [2.05, 4.69) is 10.7 Å². The molecule has 0 rings (SSSR count). The van der Waals surface area contributed by atoms with Crippen LogP contribution in [0.4, 0.5) is 123 Å². The summed E-state index contributed by atoms with van der Waals surface area (Å²) in [5.41, 5.74) is -25.5. The summed E-state index contributed by atoms with van der Waals surface area (Å²) in [5, 5.41) is 0.